The Morgan fingerprint density at radius 2 is 1.86 bits per heavy atom. The van der Waals surface area contributed by atoms with E-state index < -0.39 is 11.2 Å². The summed E-state index contributed by atoms with van der Waals surface area (Å²) in [6, 6.07) is 0. The normalized spacial score (nSPS) is 44.0. The molecule has 0 heterocycles. The molecule has 2 N–H and O–H groups in total. The van der Waals surface area contributed by atoms with Gasteiger partial charge in [0, 0.05) is 1.43 Å². The van der Waals surface area contributed by atoms with E-state index in [2.05, 4.69) is 27.4 Å². The van der Waals surface area contributed by atoms with Gasteiger partial charge in [-0.2, -0.15) is 0 Å². The molecule has 0 saturated heterocycles. The fourth-order valence-electron chi connectivity index (χ4n) is 5.80. The molecule has 0 spiro atoms. The Balaban J connectivity index is 0.00000264. The van der Waals surface area contributed by atoms with E-state index in [1.807, 2.05) is 13.8 Å². The summed E-state index contributed by atoms with van der Waals surface area (Å²) in [5, 5.41) is 21.4. The van der Waals surface area contributed by atoms with Crippen LogP contribution in [0.5, 0.6) is 0 Å². The quantitative estimate of drug-likeness (QED) is 0.722. The molecule has 0 aromatic heterocycles. The van der Waals surface area contributed by atoms with Crippen molar-refractivity contribution in [1.82, 2.24) is 0 Å². The minimum absolute atomic E-state index is 0. The lowest BCUT2D eigenvalue weighted by Gasteiger charge is -2.61. The van der Waals surface area contributed by atoms with Crippen molar-refractivity contribution in [3.8, 4) is 0 Å². The third kappa shape index (κ3) is 3.14. The van der Waals surface area contributed by atoms with Crippen LogP contribution in [0.15, 0.2) is 12.7 Å². The van der Waals surface area contributed by atoms with Gasteiger partial charge in [0.2, 0.25) is 0 Å². The first-order valence-electron chi connectivity index (χ1n) is 9.03. The van der Waals surface area contributed by atoms with Gasteiger partial charge in [-0.3, -0.25) is 0 Å². The summed E-state index contributed by atoms with van der Waals surface area (Å²) in [5.41, 5.74) is -0.900. The lowest BCUT2D eigenvalue weighted by Crippen LogP contribution is -2.57. The first-order chi connectivity index (χ1) is 9.95. The smallest absolute Gasteiger partial charge is 0.0797 e. The molecule has 2 rings (SSSR count). The summed E-state index contributed by atoms with van der Waals surface area (Å²) in [5.74, 6) is 0.928. The number of rotatable bonds is 4. The van der Waals surface area contributed by atoms with Crippen LogP contribution in [0.4, 0.5) is 0 Å². The van der Waals surface area contributed by atoms with Crippen LogP contribution in [0.25, 0.3) is 0 Å². The Hall–Kier alpha value is -0.340. The average molecular weight is 312 g/mol. The lowest BCUT2D eigenvalue weighted by atomic mass is 9.45. The molecule has 2 nitrogen and oxygen atoms in total. The molecule has 2 aliphatic carbocycles. The molecule has 0 amide bonds. The van der Waals surface area contributed by atoms with Crippen LogP contribution in [0.2, 0.25) is 0 Å². The molecule has 0 unspecified atom stereocenters. The highest BCUT2D eigenvalue weighted by molar-refractivity contribution is 5.08. The molecule has 2 heteroatoms. The van der Waals surface area contributed by atoms with Gasteiger partial charge in [-0.05, 0) is 75.0 Å². The predicted octanol–water partition coefficient (Wildman–Crippen LogP) is 4.94. The van der Waals surface area contributed by atoms with Crippen LogP contribution in [-0.4, -0.2) is 21.4 Å². The molecule has 0 radical (unpaired) electrons. The van der Waals surface area contributed by atoms with E-state index >= 15 is 0 Å². The van der Waals surface area contributed by atoms with E-state index in [0.717, 1.165) is 19.3 Å². The Bertz CT molecular complexity index is 427. The van der Waals surface area contributed by atoms with E-state index in [1.54, 1.807) is 6.08 Å². The predicted molar refractivity (Wildman–Crippen MR) is 94.7 cm³/mol. The van der Waals surface area contributed by atoms with Crippen molar-refractivity contribution >= 4 is 0 Å². The minimum atomic E-state index is -0.830. The van der Waals surface area contributed by atoms with Crippen molar-refractivity contribution in [3.05, 3.63) is 12.7 Å². The number of hydrogen-bond donors (Lipinski definition) is 2. The highest BCUT2D eigenvalue weighted by atomic mass is 16.3. The summed E-state index contributed by atoms with van der Waals surface area (Å²) >= 11 is 0. The number of fused-ring (bicyclic) bond motifs is 1. The van der Waals surface area contributed by atoms with Crippen LogP contribution in [0, 0.1) is 22.7 Å². The third-order valence-electron chi connectivity index (χ3n) is 7.14. The summed E-state index contributed by atoms with van der Waals surface area (Å²) in [6.07, 6.45) is 8.96. The van der Waals surface area contributed by atoms with Gasteiger partial charge in [0.15, 0.2) is 0 Å². The summed E-state index contributed by atoms with van der Waals surface area (Å²) in [4.78, 5) is 0. The second-order valence-corrected chi connectivity index (χ2v) is 9.45. The van der Waals surface area contributed by atoms with Gasteiger partial charge in [0.1, 0.15) is 0 Å². The topological polar surface area (TPSA) is 40.5 Å². The van der Waals surface area contributed by atoms with Crippen LogP contribution in [-0.2, 0) is 0 Å². The Morgan fingerprint density at radius 1 is 1.23 bits per heavy atom. The van der Waals surface area contributed by atoms with Crippen LogP contribution in [0.3, 0.4) is 0 Å². The SMILES string of the molecule is C=C[C@](C)(O)CC[C@@H]1[C@@]2(C)CCCC(C)(C)[C@@H]2CC[C@@]1(C)O.[2HH]. The highest BCUT2D eigenvalue weighted by Crippen LogP contribution is 2.63. The molecule has 22 heavy (non-hydrogen) atoms. The number of aliphatic hydroxyl groups is 2. The fraction of sp³-hybridized carbons (Fsp3) is 0.900. The van der Waals surface area contributed by atoms with Crippen molar-refractivity contribution in [2.75, 3.05) is 0 Å². The van der Waals surface area contributed by atoms with Gasteiger partial charge in [0.25, 0.3) is 0 Å². The van der Waals surface area contributed by atoms with E-state index in [9.17, 15) is 10.2 Å². The highest BCUT2D eigenvalue weighted by Gasteiger charge is 2.57. The largest absolute Gasteiger partial charge is 0.390 e. The van der Waals surface area contributed by atoms with Gasteiger partial charge in [0.05, 0.1) is 11.2 Å². The first kappa shape index (κ1) is 18.0. The Labute approximate surface area is 138 Å². The van der Waals surface area contributed by atoms with Crippen LogP contribution < -0.4 is 0 Å². The van der Waals surface area contributed by atoms with E-state index in [4.69, 9.17) is 0 Å². The van der Waals surface area contributed by atoms with Gasteiger partial charge < -0.3 is 10.2 Å². The van der Waals surface area contributed by atoms with Crippen molar-refractivity contribution in [2.45, 2.75) is 90.8 Å². The monoisotopic (exact) mass is 311 g/mol. The zero-order valence-electron chi connectivity index (χ0n) is 15.3. The van der Waals surface area contributed by atoms with Crippen LogP contribution >= 0.6 is 0 Å². The first-order valence-corrected chi connectivity index (χ1v) is 9.03. The van der Waals surface area contributed by atoms with Gasteiger partial charge in [-0.1, -0.05) is 33.3 Å². The average Bonchev–Trinajstić information content (AvgIpc) is 2.35. The molecule has 0 bridgehead atoms. The molecule has 2 saturated carbocycles. The van der Waals surface area contributed by atoms with Gasteiger partial charge >= 0.3 is 0 Å². The Kier molecular flexibility index (Phi) is 4.61. The minimum Gasteiger partial charge on any atom is -0.390 e. The second kappa shape index (κ2) is 5.63. The molecule has 5 atom stereocenters. The van der Waals surface area contributed by atoms with Crippen molar-refractivity contribution in [1.29, 1.82) is 0 Å². The molecule has 130 valence electrons. The third-order valence-corrected chi connectivity index (χ3v) is 7.14. The number of hydrogen-bond acceptors (Lipinski definition) is 2. The second-order valence-electron chi connectivity index (χ2n) is 9.45. The Morgan fingerprint density at radius 3 is 2.45 bits per heavy atom. The van der Waals surface area contributed by atoms with Crippen LogP contribution in [0.1, 0.15) is 81.0 Å². The van der Waals surface area contributed by atoms with E-state index in [1.165, 1.54) is 19.3 Å². The summed E-state index contributed by atoms with van der Waals surface area (Å²) in [7, 11) is 0. The standard InChI is InChI=1S/C20H36O2.H2/c1-7-18(4,21)13-9-16-19(5)12-8-11-17(2,3)15(19)10-14-20(16,6)22;/h7,15-16,21-22H,1,8-14H2,2-6H3;1H/t15-,16+,18-,19-,20+;/m0./s1/i;1+1. The molecular formula is C20H38O2. The zero-order chi connectivity index (χ0) is 16.8. The summed E-state index contributed by atoms with van der Waals surface area (Å²) in [6.45, 7) is 14.8. The molecular weight excluding hydrogens is 272 g/mol. The van der Waals surface area contributed by atoms with E-state index in [-0.39, 0.29) is 12.8 Å². The maximum Gasteiger partial charge on any atom is 0.0797 e. The maximum atomic E-state index is 11.1. The molecule has 2 fully saturated rings. The van der Waals surface area contributed by atoms with Crippen molar-refractivity contribution in [3.63, 3.8) is 0 Å². The zero-order valence-corrected chi connectivity index (χ0v) is 15.3. The molecule has 0 aromatic carbocycles. The summed E-state index contributed by atoms with van der Waals surface area (Å²) < 4.78 is 0. The van der Waals surface area contributed by atoms with Gasteiger partial charge in [-0.25, -0.2) is 0 Å². The van der Waals surface area contributed by atoms with Gasteiger partial charge in [-0.15, -0.1) is 6.58 Å². The maximum absolute atomic E-state index is 11.1. The molecule has 0 aromatic rings. The van der Waals surface area contributed by atoms with E-state index in [0.29, 0.717) is 17.8 Å². The van der Waals surface area contributed by atoms with Crippen molar-refractivity contribution < 1.29 is 11.6 Å². The fourth-order valence-corrected chi connectivity index (χ4v) is 5.80. The molecule has 0 aliphatic heterocycles. The van der Waals surface area contributed by atoms with Crippen molar-refractivity contribution in [2.24, 2.45) is 22.7 Å². The lowest BCUT2D eigenvalue weighted by molar-refractivity contribution is -0.171. The molecule has 2 aliphatic rings.